The first-order chi connectivity index (χ1) is 8.54. The summed E-state index contributed by atoms with van der Waals surface area (Å²) in [4.78, 5) is 0. The maximum Gasteiger partial charge on any atom is 0.157 e. The first-order valence-corrected chi connectivity index (χ1v) is 6.67. The Morgan fingerprint density at radius 3 is 2.33 bits per heavy atom. The van der Waals surface area contributed by atoms with Gasteiger partial charge in [0.2, 0.25) is 0 Å². The predicted molar refractivity (Wildman–Crippen MR) is 61.6 cm³/mol. The van der Waals surface area contributed by atoms with E-state index in [-0.39, 0.29) is 18.8 Å². The number of alkyl halides is 3. The normalized spacial score (nSPS) is 50.2. The second-order valence-corrected chi connectivity index (χ2v) is 5.56. The molecule has 2 saturated carbocycles. The first kappa shape index (κ1) is 14.1. The number of ether oxygens (including phenoxy) is 1. The summed E-state index contributed by atoms with van der Waals surface area (Å²) in [5.74, 6) is -0.591. The second-order valence-electron chi connectivity index (χ2n) is 5.56. The molecule has 7 atom stereocenters. The Morgan fingerprint density at radius 1 is 1.00 bits per heavy atom. The highest BCUT2D eigenvalue weighted by Gasteiger charge is 2.45. The fourth-order valence-electron chi connectivity index (χ4n) is 3.40. The van der Waals surface area contributed by atoms with Gasteiger partial charge in [-0.25, -0.2) is 13.2 Å². The van der Waals surface area contributed by atoms with Gasteiger partial charge in [-0.2, -0.15) is 0 Å². The molecule has 0 saturated heterocycles. The smallest absolute Gasteiger partial charge is 0.157 e. The SMILES string of the molecule is COC1CCC(C2CCC(O)C(F)C2F)CC1F. The summed E-state index contributed by atoms with van der Waals surface area (Å²) in [6, 6.07) is 0. The second kappa shape index (κ2) is 5.78. The van der Waals surface area contributed by atoms with Crippen LogP contribution in [0.1, 0.15) is 32.1 Å². The van der Waals surface area contributed by atoms with Gasteiger partial charge in [0, 0.05) is 7.11 Å². The minimum Gasteiger partial charge on any atom is -0.390 e. The molecule has 0 heterocycles. The molecule has 5 heteroatoms. The third-order valence-corrected chi connectivity index (χ3v) is 4.54. The van der Waals surface area contributed by atoms with E-state index in [0.717, 1.165) is 0 Å². The molecule has 0 spiro atoms. The third-order valence-electron chi connectivity index (χ3n) is 4.54. The van der Waals surface area contributed by atoms with Crippen molar-refractivity contribution in [2.45, 2.75) is 62.8 Å². The van der Waals surface area contributed by atoms with Crippen LogP contribution >= 0.6 is 0 Å². The van der Waals surface area contributed by atoms with E-state index in [1.54, 1.807) is 0 Å². The van der Waals surface area contributed by atoms with Crippen LogP contribution in [0.15, 0.2) is 0 Å². The molecule has 2 rings (SSSR count). The van der Waals surface area contributed by atoms with Gasteiger partial charge in [0.1, 0.15) is 12.3 Å². The summed E-state index contributed by atoms with van der Waals surface area (Å²) in [6.07, 6.45) is -3.99. The van der Waals surface area contributed by atoms with Crippen molar-refractivity contribution in [2.24, 2.45) is 11.8 Å². The van der Waals surface area contributed by atoms with E-state index >= 15 is 0 Å². The number of methoxy groups -OCH3 is 1. The summed E-state index contributed by atoms with van der Waals surface area (Å²) in [7, 11) is 1.48. The Bertz CT molecular complexity index is 277. The van der Waals surface area contributed by atoms with Gasteiger partial charge < -0.3 is 9.84 Å². The van der Waals surface area contributed by atoms with Gasteiger partial charge in [0.15, 0.2) is 6.17 Å². The van der Waals surface area contributed by atoms with Crippen molar-refractivity contribution in [1.82, 2.24) is 0 Å². The molecule has 0 bridgehead atoms. The summed E-state index contributed by atoms with van der Waals surface area (Å²) in [5.41, 5.74) is 0. The average Bonchev–Trinajstić information content (AvgIpc) is 2.36. The molecular formula is C13H21F3O2. The van der Waals surface area contributed by atoms with E-state index in [0.29, 0.717) is 19.3 Å². The van der Waals surface area contributed by atoms with Crippen LogP contribution in [0.2, 0.25) is 0 Å². The molecule has 2 fully saturated rings. The number of aliphatic hydroxyl groups is 1. The molecule has 0 aromatic rings. The van der Waals surface area contributed by atoms with Crippen LogP contribution in [-0.4, -0.2) is 42.9 Å². The van der Waals surface area contributed by atoms with Crippen molar-refractivity contribution < 1.29 is 23.0 Å². The standard InChI is InChI=1S/C13H21F3O2/c1-18-11-5-2-7(6-9(11)14)8-3-4-10(17)13(16)12(8)15/h7-13,17H,2-6H2,1H3. The molecule has 2 aliphatic rings. The highest BCUT2D eigenvalue weighted by atomic mass is 19.2. The molecular weight excluding hydrogens is 245 g/mol. The van der Waals surface area contributed by atoms with Gasteiger partial charge in [-0.15, -0.1) is 0 Å². The highest BCUT2D eigenvalue weighted by molar-refractivity contribution is 4.94. The van der Waals surface area contributed by atoms with Crippen LogP contribution in [0.4, 0.5) is 13.2 Å². The van der Waals surface area contributed by atoms with Crippen LogP contribution in [0.5, 0.6) is 0 Å². The monoisotopic (exact) mass is 266 g/mol. The Labute approximate surface area is 106 Å². The van der Waals surface area contributed by atoms with Gasteiger partial charge in [0.05, 0.1) is 12.2 Å². The Morgan fingerprint density at radius 2 is 1.72 bits per heavy atom. The van der Waals surface area contributed by atoms with E-state index < -0.39 is 36.6 Å². The molecule has 18 heavy (non-hydrogen) atoms. The lowest BCUT2D eigenvalue weighted by molar-refractivity contribution is -0.0729. The maximum atomic E-state index is 13.9. The quantitative estimate of drug-likeness (QED) is 0.832. The van der Waals surface area contributed by atoms with Crippen LogP contribution in [0, 0.1) is 11.8 Å². The number of hydrogen-bond acceptors (Lipinski definition) is 2. The number of aliphatic hydroxyl groups excluding tert-OH is 1. The fourth-order valence-corrected chi connectivity index (χ4v) is 3.40. The van der Waals surface area contributed by atoms with Crippen molar-refractivity contribution in [3.05, 3.63) is 0 Å². The van der Waals surface area contributed by atoms with E-state index in [2.05, 4.69) is 0 Å². The molecule has 2 nitrogen and oxygen atoms in total. The van der Waals surface area contributed by atoms with Gasteiger partial charge in [-0.05, 0) is 43.9 Å². The van der Waals surface area contributed by atoms with Crippen molar-refractivity contribution in [3.63, 3.8) is 0 Å². The van der Waals surface area contributed by atoms with E-state index in [1.807, 2.05) is 0 Å². The lowest BCUT2D eigenvalue weighted by Crippen LogP contribution is -2.46. The van der Waals surface area contributed by atoms with E-state index in [4.69, 9.17) is 4.74 Å². The molecule has 0 aliphatic heterocycles. The molecule has 0 amide bonds. The van der Waals surface area contributed by atoms with Crippen LogP contribution in [-0.2, 0) is 4.74 Å². The average molecular weight is 266 g/mol. The van der Waals surface area contributed by atoms with Crippen LogP contribution < -0.4 is 0 Å². The Balaban J connectivity index is 1.96. The minimum atomic E-state index is -1.82. The maximum absolute atomic E-state index is 13.9. The van der Waals surface area contributed by atoms with Crippen molar-refractivity contribution in [2.75, 3.05) is 7.11 Å². The van der Waals surface area contributed by atoms with Crippen molar-refractivity contribution in [3.8, 4) is 0 Å². The minimum absolute atomic E-state index is 0.132. The lowest BCUT2D eigenvalue weighted by Gasteiger charge is -2.40. The fraction of sp³-hybridized carbons (Fsp3) is 1.00. The number of hydrogen-bond donors (Lipinski definition) is 1. The van der Waals surface area contributed by atoms with E-state index in [1.165, 1.54) is 7.11 Å². The first-order valence-electron chi connectivity index (χ1n) is 6.67. The lowest BCUT2D eigenvalue weighted by atomic mass is 9.70. The number of halogens is 3. The predicted octanol–water partition coefficient (Wildman–Crippen LogP) is 2.59. The zero-order chi connectivity index (χ0) is 13.3. The molecule has 1 N–H and O–H groups in total. The molecule has 0 aromatic heterocycles. The zero-order valence-electron chi connectivity index (χ0n) is 10.6. The van der Waals surface area contributed by atoms with Crippen LogP contribution in [0.25, 0.3) is 0 Å². The Hall–Kier alpha value is -0.290. The topological polar surface area (TPSA) is 29.5 Å². The highest BCUT2D eigenvalue weighted by Crippen LogP contribution is 2.42. The largest absolute Gasteiger partial charge is 0.390 e. The summed E-state index contributed by atoms with van der Waals surface area (Å²) >= 11 is 0. The van der Waals surface area contributed by atoms with Crippen molar-refractivity contribution >= 4 is 0 Å². The van der Waals surface area contributed by atoms with Gasteiger partial charge in [0.25, 0.3) is 0 Å². The molecule has 7 unspecified atom stereocenters. The van der Waals surface area contributed by atoms with Crippen LogP contribution in [0.3, 0.4) is 0 Å². The molecule has 2 aliphatic carbocycles. The Kier molecular flexibility index (Phi) is 4.54. The summed E-state index contributed by atoms with van der Waals surface area (Å²) in [6.45, 7) is 0. The van der Waals surface area contributed by atoms with Crippen molar-refractivity contribution in [1.29, 1.82) is 0 Å². The zero-order valence-corrected chi connectivity index (χ0v) is 10.6. The third kappa shape index (κ3) is 2.67. The van der Waals surface area contributed by atoms with E-state index in [9.17, 15) is 18.3 Å². The molecule has 106 valence electrons. The van der Waals surface area contributed by atoms with Gasteiger partial charge in [-0.1, -0.05) is 0 Å². The molecule has 0 aromatic carbocycles. The van der Waals surface area contributed by atoms with Gasteiger partial charge in [-0.3, -0.25) is 0 Å². The van der Waals surface area contributed by atoms with Gasteiger partial charge >= 0.3 is 0 Å². The summed E-state index contributed by atoms with van der Waals surface area (Å²) < 4.78 is 46.2. The summed E-state index contributed by atoms with van der Waals surface area (Å²) in [5, 5.41) is 9.29. The molecule has 0 radical (unpaired) electrons. The number of rotatable bonds is 2.